The summed E-state index contributed by atoms with van der Waals surface area (Å²) in [4.78, 5) is 31.9. The smallest absolute Gasteiger partial charge is 0.416 e. The monoisotopic (exact) mass is 555 g/mol. The van der Waals surface area contributed by atoms with E-state index in [1.54, 1.807) is 17.3 Å². The van der Waals surface area contributed by atoms with E-state index in [9.17, 15) is 27.9 Å². The Labute approximate surface area is 230 Å². The Kier molecular flexibility index (Phi) is 8.11. The number of nitrogens with zero attached hydrogens (tertiary/aromatic N) is 3. The van der Waals surface area contributed by atoms with Gasteiger partial charge in [0.25, 0.3) is 5.91 Å². The van der Waals surface area contributed by atoms with Gasteiger partial charge in [0.05, 0.1) is 29.7 Å². The first-order valence-electron chi connectivity index (χ1n) is 13.5. The predicted octanol–water partition coefficient (Wildman–Crippen LogP) is 4.98. The van der Waals surface area contributed by atoms with Crippen molar-refractivity contribution in [3.63, 3.8) is 0 Å². The summed E-state index contributed by atoms with van der Waals surface area (Å²) in [5, 5.41) is 15.3. The number of piperazine rings is 1. The molecule has 40 heavy (non-hydrogen) atoms. The van der Waals surface area contributed by atoms with E-state index < -0.39 is 17.8 Å². The highest BCUT2D eigenvalue weighted by molar-refractivity contribution is 5.98. The number of imidazole rings is 1. The minimum absolute atomic E-state index is 0.210. The third-order valence-corrected chi connectivity index (χ3v) is 7.78. The van der Waals surface area contributed by atoms with Crippen LogP contribution in [0.2, 0.25) is 0 Å². The van der Waals surface area contributed by atoms with E-state index in [4.69, 9.17) is 0 Å². The van der Waals surface area contributed by atoms with Crippen molar-refractivity contribution < 1.29 is 27.9 Å². The lowest BCUT2D eigenvalue weighted by Gasteiger charge is -2.36. The van der Waals surface area contributed by atoms with Crippen LogP contribution in [-0.2, 0) is 12.6 Å². The molecule has 1 saturated heterocycles. The second-order valence-electron chi connectivity index (χ2n) is 10.4. The number of aromatic nitrogens is 2. The van der Waals surface area contributed by atoms with Crippen LogP contribution < -0.4 is 10.6 Å². The van der Waals surface area contributed by atoms with Crippen LogP contribution in [0.25, 0.3) is 11.3 Å². The van der Waals surface area contributed by atoms with Gasteiger partial charge in [0.1, 0.15) is 0 Å². The number of hydrogen-bond donors (Lipinski definition) is 3. The van der Waals surface area contributed by atoms with Crippen LogP contribution in [0.15, 0.2) is 60.9 Å². The molecule has 1 saturated carbocycles. The Morgan fingerprint density at radius 1 is 1.07 bits per heavy atom. The molecule has 11 heteroatoms. The van der Waals surface area contributed by atoms with Gasteiger partial charge < -0.3 is 25.2 Å². The van der Waals surface area contributed by atoms with Crippen molar-refractivity contribution in [2.45, 2.75) is 56.4 Å². The topological polar surface area (TPSA) is 99.5 Å². The van der Waals surface area contributed by atoms with Gasteiger partial charge in [-0.15, -0.1) is 0 Å². The number of rotatable bonds is 6. The van der Waals surface area contributed by atoms with Crippen molar-refractivity contribution in [2.75, 3.05) is 19.6 Å². The van der Waals surface area contributed by atoms with E-state index in [-0.39, 0.29) is 36.1 Å². The first-order chi connectivity index (χ1) is 19.2. The zero-order valence-electron chi connectivity index (χ0n) is 21.9. The fourth-order valence-electron chi connectivity index (χ4n) is 5.92. The van der Waals surface area contributed by atoms with Gasteiger partial charge in [-0.2, -0.15) is 13.2 Å². The van der Waals surface area contributed by atoms with Gasteiger partial charge in [-0.05, 0) is 30.9 Å². The van der Waals surface area contributed by atoms with E-state index >= 15 is 0 Å². The van der Waals surface area contributed by atoms with Crippen molar-refractivity contribution in [2.24, 2.45) is 0 Å². The highest BCUT2D eigenvalue weighted by atomic mass is 19.4. The third kappa shape index (κ3) is 5.99. The van der Waals surface area contributed by atoms with Crippen molar-refractivity contribution >= 4 is 12.0 Å². The van der Waals surface area contributed by atoms with Crippen molar-refractivity contribution in [3.05, 3.63) is 77.7 Å². The summed E-state index contributed by atoms with van der Waals surface area (Å²) in [5.41, 5.74) is 1.44. The maximum absolute atomic E-state index is 14.1. The predicted molar refractivity (Wildman–Crippen MR) is 143 cm³/mol. The Hall–Kier alpha value is -3.86. The average Bonchev–Trinajstić information content (AvgIpc) is 3.38. The molecule has 5 rings (SSSR count). The Morgan fingerprint density at radius 2 is 1.85 bits per heavy atom. The molecule has 8 nitrogen and oxygen atoms in total. The van der Waals surface area contributed by atoms with Gasteiger partial charge in [0.2, 0.25) is 0 Å². The maximum atomic E-state index is 14.1. The van der Waals surface area contributed by atoms with Crippen LogP contribution in [0.3, 0.4) is 0 Å². The van der Waals surface area contributed by atoms with Crippen molar-refractivity contribution in [1.82, 2.24) is 25.1 Å². The fraction of sp³-hybridized carbons (Fsp3) is 0.414. The minimum atomic E-state index is -4.44. The van der Waals surface area contributed by atoms with Gasteiger partial charge in [-0.3, -0.25) is 4.79 Å². The van der Waals surface area contributed by atoms with E-state index in [0.29, 0.717) is 37.3 Å². The molecule has 2 aliphatic rings. The van der Waals surface area contributed by atoms with Crippen LogP contribution in [0.1, 0.15) is 53.3 Å². The standard InChI is InChI=1S/C29H32F3N5O3/c30-29(31,32)21-10-6-7-19(15-21)16-22-17-33-13-14-36(22)27(38)25-26(20-8-2-1-3-9-20)37(18-34-25)24-12-5-4-11-23(24)35-28(39)40/h1-3,6-10,15,18,22-24,33,35H,4-5,11-14,16-17H2,(H,39,40)/t22-,23+,24+/m1/s1. The number of hydrogen-bond acceptors (Lipinski definition) is 4. The van der Waals surface area contributed by atoms with Crippen LogP contribution in [0.5, 0.6) is 0 Å². The number of carbonyl (C=O) groups excluding carboxylic acids is 1. The van der Waals surface area contributed by atoms with Crippen LogP contribution in [0, 0.1) is 0 Å². The molecule has 3 aromatic rings. The summed E-state index contributed by atoms with van der Waals surface area (Å²) in [7, 11) is 0. The number of halogens is 3. The van der Waals surface area contributed by atoms with Crippen LogP contribution >= 0.6 is 0 Å². The molecule has 2 amide bonds. The summed E-state index contributed by atoms with van der Waals surface area (Å²) in [5.74, 6) is -0.297. The summed E-state index contributed by atoms with van der Waals surface area (Å²) in [6.45, 7) is 1.38. The summed E-state index contributed by atoms with van der Waals surface area (Å²) < 4.78 is 41.8. The number of amides is 2. The SMILES string of the molecule is O=C(O)N[C@H]1CCCC[C@@H]1n1cnc(C(=O)N2CCNC[C@H]2Cc2cccc(C(F)(F)F)c2)c1-c1ccccc1. The zero-order valence-corrected chi connectivity index (χ0v) is 21.9. The van der Waals surface area contributed by atoms with Gasteiger partial charge in [0.15, 0.2) is 5.69 Å². The first kappa shape index (κ1) is 27.7. The molecule has 3 N–H and O–H groups in total. The second-order valence-corrected chi connectivity index (χ2v) is 10.4. The van der Waals surface area contributed by atoms with E-state index in [2.05, 4.69) is 15.6 Å². The van der Waals surface area contributed by atoms with E-state index in [0.717, 1.165) is 37.0 Å². The molecule has 0 unspecified atom stereocenters. The average molecular weight is 556 g/mol. The summed E-state index contributed by atoms with van der Waals surface area (Å²) >= 11 is 0. The van der Waals surface area contributed by atoms with Crippen molar-refractivity contribution in [1.29, 1.82) is 0 Å². The molecule has 3 atom stereocenters. The molecule has 1 aliphatic heterocycles. The second kappa shape index (κ2) is 11.7. The molecule has 2 fully saturated rings. The van der Waals surface area contributed by atoms with Gasteiger partial charge in [0, 0.05) is 31.2 Å². The normalized spacial score (nSPS) is 21.7. The molecule has 0 radical (unpaired) electrons. The minimum Gasteiger partial charge on any atom is -0.465 e. The lowest BCUT2D eigenvalue weighted by atomic mass is 9.89. The molecular formula is C29H32F3N5O3. The number of nitrogens with one attached hydrogen (secondary N) is 2. The quantitative estimate of drug-likeness (QED) is 0.399. The molecule has 0 bridgehead atoms. The number of alkyl halides is 3. The first-order valence-corrected chi connectivity index (χ1v) is 13.5. The largest absolute Gasteiger partial charge is 0.465 e. The van der Waals surface area contributed by atoms with Gasteiger partial charge >= 0.3 is 12.3 Å². The maximum Gasteiger partial charge on any atom is 0.416 e. The lowest BCUT2D eigenvalue weighted by Crippen LogP contribution is -2.54. The van der Waals surface area contributed by atoms with E-state index in [1.807, 2.05) is 34.9 Å². The highest BCUT2D eigenvalue weighted by Gasteiger charge is 2.36. The molecule has 1 aromatic heterocycles. The Bertz CT molecular complexity index is 1340. The highest BCUT2D eigenvalue weighted by Crippen LogP contribution is 2.35. The van der Waals surface area contributed by atoms with Gasteiger partial charge in [-0.1, -0.05) is 61.4 Å². The van der Waals surface area contributed by atoms with Crippen LogP contribution in [0.4, 0.5) is 18.0 Å². The zero-order chi connectivity index (χ0) is 28.3. The molecule has 0 spiro atoms. The lowest BCUT2D eigenvalue weighted by molar-refractivity contribution is -0.137. The fourth-order valence-corrected chi connectivity index (χ4v) is 5.92. The van der Waals surface area contributed by atoms with Gasteiger partial charge in [-0.25, -0.2) is 9.78 Å². The molecular weight excluding hydrogens is 523 g/mol. The summed E-state index contributed by atoms with van der Waals surface area (Å²) in [6.07, 6.45) is -0.406. The van der Waals surface area contributed by atoms with E-state index in [1.165, 1.54) is 6.07 Å². The number of carbonyl (C=O) groups is 2. The summed E-state index contributed by atoms with van der Waals surface area (Å²) in [6, 6.07) is 13.7. The molecule has 2 heterocycles. The molecule has 2 aromatic carbocycles. The number of benzene rings is 2. The molecule has 1 aliphatic carbocycles. The Balaban J connectivity index is 1.49. The Morgan fingerprint density at radius 3 is 2.60 bits per heavy atom. The van der Waals surface area contributed by atoms with Crippen LogP contribution in [-0.4, -0.2) is 63.3 Å². The number of carboxylic acid groups (broad SMARTS) is 1. The van der Waals surface area contributed by atoms with Crippen molar-refractivity contribution in [3.8, 4) is 11.3 Å². The third-order valence-electron chi connectivity index (χ3n) is 7.78. The molecule has 212 valence electrons.